The van der Waals surface area contributed by atoms with Gasteiger partial charge in [0, 0.05) is 16.9 Å². The number of allylic oxidation sites excluding steroid dienone is 1. The maximum Gasteiger partial charge on any atom is 1.00 e. The van der Waals surface area contributed by atoms with Crippen LogP contribution < -0.4 is 39.4 Å². The largest absolute Gasteiger partial charge is 1.00 e. The molecule has 1 heterocycles. The Morgan fingerprint density at radius 3 is 2.79 bits per heavy atom. The number of aliphatic carboxylic acids is 1. The molecule has 1 atom stereocenters. The Kier molecular flexibility index (Phi) is 12.1. The van der Waals surface area contributed by atoms with E-state index in [1.54, 1.807) is 0 Å². The first-order valence-corrected chi connectivity index (χ1v) is 9.67. The molecular weight excluding hydrogens is 365 g/mol. The van der Waals surface area contributed by atoms with E-state index in [1.807, 2.05) is 42.5 Å². The normalized spacial score (nSPS) is 12.1. The van der Waals surface area contributed by atoms with Crippen LogP contribution in [0.15, 0.2) is 42.5 Å². The van der Waals surface area contributed by atoms with Gasteiger partial charge < -0.3 is 19.7 Å². The van der Waals surface area contributed by atoms with E-state index in [1.165, 1.54) is 0 Å². The fourth-order valence-corrected chi connectivity index (χ4v) is 2.82. The predicted molar refractivity (Wildman–Crippen MR) is 104 cm³/mol. The SMILES string of the molecule is CCCCCOc1nc2ccccc2cc1C(O)C/C=C\CCCC(=O)[O-].[Na+]. The minimum Gasteiger partial charge on any atom is -0.550 e. The summed E-state index contributed by atoms with van der Waals surface area (Å²) in [7, 11) is 0. The number of aliphatic hydroxyl groups excluding tert-OH is 1. The van der Waals surface area contributed by atoms with Gasteiger partial charge in [0.2, 0.25) is 5.88 Å². The van der Waals surface area contributed by atoms with E-state index in [0.29, 0.717) is 37.3 Å². The van der Waals surface area contributed by atoms with Gasteiger partial charge in [-0.15, -0.1) is 0 Å². The number of pyridine rings is 1. The van der Waals surface area contributed by atoms with Crippen molar-refractivity contribution in [1.82, 2.24) is 4.98 Å². The van der Waals surface area contributed by atoms with E-state index in [4.69, 9.17) is 4.74 Å². The minimum absolute atomic E-state index is 0. The molecule has 1 aromatic heterocycles. The van der Waals surface area contributed by atoms with E-state index in [9.17, 15) is 15.0 Å². The molecule has 1 aromatic carbocycles. The number of fused-ring (bicyclic) bond motifs is 1. The predicted octanol–water partition coefficient (Wildman–Crippen LogP) is 0.708. The number of hydrogen-bond acceptors (Lipinski definition) is 5. The maximum atomic E-state index is 10.6. The van der Waals surface area contributed by atoms with Crippen molar-refractivity contribution in [3.63, 3.8) is 0 Å². The number of benzene rings is 1. The Bertz CT molecular complexity index is 763. The molecule has 0 spiro atoms. The number of aliphatic hydroxyl groups is 1. The van der Waals surface area contributed by atoms with Gasteiger partial charge in [-0.25, -0.2) is 4.98 Å². The first-order valence-electron chi connectivity index (χ1n) is 9.67. The second kappa shape index (κ2) is 13.7. The van der Waals surface area contributed by atoms with Crippen molar-refractivity contribution in [2.75, 3.05) is 6.61 Å². The van der Waals surface area contributed by atoms with Gasteiger partial charge in [-0.1, -0.05) is 50.1 Å². The van der Waals surface area contributed by atoms with Crippen LogP contribution in [0.3, 0.4) is 0 Å². The monoisotopic (exact) mass is 393 g/mol. The van der Waals surface area contributed by atoms with Crippen LogP contribution in [-0.4, -0.2) is 22.7 Å². The fraction of sp³-hybridized carbons (Fsp3) is 0.455. The number of hydrogen-bond donors (Lipinski definition) is 1. The molecule has 0 radical (unpaired) electrons. The molecule has 2 aromatic rings. The van der Waals surface area contributed by atoms with Crippen molar-refractivity contribution in [2.45, 2.75) is 58.0 Å². The summed E-state index contributed by atoms with van der Waals surface area (Å²) >= 11 is 0. The van der Waals surface area contributed by atoms with E-state index in [2.05, 4.69) is 11.9 Å². The van der Waals surface area contributed by atoms with Gasteiger partial charge in [-0.05, 0) is 44.2 Å². The zero-order chi connectivity index (χ0) is 19.5. The first-order chi connectivity index (χ1) is 13.1. The van der Waals surface area contributed by atoms with E-state index in [0.717, 1.165) is 30.2 Å². The Balaban J connectivity index is 0.00000392. The van der Waals surface area contributed by atoms with Crippen LogP contribution in [0.25, 0.3) is 10.9 Å². The van der Waals surface area contributed by atoms with Crippen LogP contribution in [0.1, 0.15) is 63.5 Å². The quantitative estimate of drug-likeness (QED) is 0.326. The smallest absolute Gasteiger partial charge is 0.550 e. The molecule has 1 unspecified atom stereocenters. The third-order valence-electron chi connectivity index (χ3n) is 4.34. The molecule has 0 bridgehead atoms. The summed E-state index contributed by atoms with van der Waals surface area (Å²) in [5.41, 5.74) is 1.53. The van der Waals surface area contributed by atoms with E-state index >= 15 is 0 Å². The topological polar surface area (TPSA) is 82.5 Å². The van der Waals surface area contributed by atoms with Crippen LogP contribution in [0.4, 0.5) is 0 Å². The van der Waals surface area contributed by atoms with Gasteiger partial charge in [0.15, 0.2) is 0 Å². The number of carbonyl (C=O) groups excluding carboxylic acids is 1. The van der Waals surface area contributed by atoms with Gasteiger partial charge in [0.05, 0.1) is 18.2 Å². The zero-order valence-corrected chi connectivity index (χ0v) is 18.9. The van der Waals surface area contributed by atoms with Crippen LogP contribution in [0, 0.1) is 0 Å². The summed E-state index contributed by atoms with van der Waals surface area (Å²) in [5, 5.41) is 22.0. The molecule has 0 saturated heterocycles. The standard InChI is InChI=1S/C22H29NO4.Na/c1-2-3-10-15-27-22-18(16-17-11-8-9-12-19(17)23-22)20(24)13-6-4-5-7-14-21(25)26;/h4,6,8-9,11-12,16,20,24H,2-3,5,7,10,13-15H2,1H3,(H,25,26);/q;+1/p-1/b6-4-;. The number of ether oxygens (including phenoxy) is 1. The van der Waals surface area contributed by atoms with Gasteiger partial charge in [0.1, 0.15) is 0 Å². The molecule has 146 valence electrons. The van der Waals surface area contributed by atoms with E-state index < -0.39 is 12.1 Å². The molecule has 0 saturated carbocycles. The van der Waals surface area contributed by atoms with Gasteiger partial charge in [-0.3, -0.25) is 0 Å². The summed E-state index contributed by atoms with van der Waals surface area (Å²) in [6.45, 7) is 2.72. The Hall–Kier alpha value is -1.40. The van der Waals surface area contributed by atoms with Crippen molar-refractivity contribution in [1.29, 1.82) is 0 Å². The number of carboxylic acids is 1. The van der Waals surface area contributed by atoms with Crippen LogP contribution in [-0.2, 0) is 4.79 Å². The molecule has 0 aliphatic heterocycles. The number of unbranched alkanes of at least 4 members (excludes halogenated alkanes) is 3. The molecule has 6 heteroatoms. The fourth-order valence-electron chi connectivity index (χ4n) is 2.82. The number of aromatic nitrogens is 1. The Morgan fingerprint density at radius 2 is 2.04 bits per heavy atom. The number of nitrogens with zero attached hydrogens (tertiary/aromatic N) is 1. The molecule has 28 heavy (non-hydrogen) atoms. The van der Waals surface area contributed by atoms with Gasteiger partial charge in [-0.2, -0.15) is 0 Å². The third kappa shape index (κ3) is 8.31. The second-order valence-electron chi connectivity index (χ2n) is 6.62. The molecule has 5 nitrogen and oxygen atoms in total. The number of carboxylic acid groups (broad SMARTS) is 1. The van der Waals surface area contributed by atoms with Gasteiger partial charge in [0.25, 0.3) is 0 Å². The zero-order valence-electron chi connectivity index (χ0n) is 16.9. The molecule has 0 aliphatic carbocycles. The van der Waals surface area contributed by atoms with Crippen LogP contribution in [0.5, 0.6) is 5.88 Å². The Morgan fingerprint density at radius 1 is 1.25 bits per heavy atom. The van der Waals surface area contributed by atoms with Crippen LogP contribution in [0.2, 0.25) is 0 Å². The molecule has 0 amide bonds. The van der Waals surface area contributed by atoms with Crippen molar-refractivity contribution in [3.8, 4) is 5.88 Å². The number of rotatable bonds is 12. The third-order valence-corrected chi connectivity index (χ3v) is 4.34. The number of para-hydroxylation sites is 1. The molecule has 2 rings (SSSR count). The van der Waals surface area contributed by atoms with Crippen molar-refractivity contribution >= 4 is 16.9 Å². The number of carbonyl (C=O) groups is 1. The molecular formula is C22H28NNaO4. The summed E-state index contributed by atoms with van der Waals surface area (Å²) in [6, 6.07) is 9.71. The summed E-state index contributed by atoms with van der Waals surface area (Å²) in [4.78, 5) is 15.0. The molecule has 1 N–H and O–H groups in total. The van der Waals surface area contributed by atoms with Crippen molar-refractivity contribution < 1.29 is 49.3 Å². The summed E-state index contributed by atoms with van der Waals surface area (Å²) in [6.07, 6.45) is 7.88. The van der Waals surface area contributed by atoms with Gasteiger partial charge >= 0.3 is 29.6 Å². The first kappa shape index (κ1) is 24.6. The summed E-state index contributed by atoms with van der Waals surface area (Å²) in [5.74, 6) is -0.543. The van der Waals surface area contributed by atoms with E-state index in [-0.39, 0.29) is 36.0 Å². The molecule has 0 fully saturated rings. The maximum absolute atomic E-state index is 10.6. The summed E-state index contributed by atoms with van der Waals surface area (Å²) < 4.78 is 5.87. The average molecular weight is 393 g/mol. The second-order valence-corrected chi connectivity index (χ2v) is 6.62. The Labute approximate surface area is 189 Å². The van der Waals surface area contributed by atoms with Crippen molar-refractivity contribution in [2.24, 2.45) is 0 Å². The minimum atomic E-state index is -1.03. The average Bonchev–Trinajstić information content (AvgIpc) is 2.67. The molecule has 0 aliphatic rings. The van der Waals surface area contributed by atoms with Crippen molar-refractivity contribution in [3.05, 3.63) is 48.0 Å². The van der Waals surface area contributed by atoms with Crippen LogP contribution >= 0.6 is 0 Å².